The van der Waals surface area contributed by atoms with Crippen molar-refractivity contribution >= 4 is 46.0 Å². The van der Waals surface area contributed by atoms with Crippen LogP contribution < -0.4 is 10.6 Å². The fourth-order valence-electron chi connectivity index (χ4n) is 3.36. The van der Waals surface area contributed by atoms with E-state index in [9.17, 15) is 0 Å². The lowest BCUT2D eigenvalue weighted by atomic mass is 10.1. The second kappa shape index (κ2) is 8.49. The maximum atomic E-state index is 6.37. The Morgan fingerprint density at radius 2 is 2.08 bits per heavy atom. The quantitative estimate of drug-likeness (QED) is 0.687. The molecule has 2 heterocycles. The molecule has 2 N–H and O–H groups in total. The van der Waals surface area contributed by atoms with Crippen LogP contribution in [0.3, 0.4) is 0 Å². The highest BCUT2D eigenvalue weighted by Gasteiger charge is 2.24. The Morgan fingerprint density at radius 1 is 1.32 bits per heavy atom. The molecule has 0 spiro atoms. The van der Waals surface area contributed by atoms with E-state index >= 15 is 0 Å². The average molecular weight is 394 g/mol. The highest BCUT2D eigenvalue weighted by atomic mass is 35.5. The molecule has 3 nitrogen and oxygen atoms in total. The van der Waals surface area contributed by atoms with Crippen LogP contribution in [-0.4, -0.2) is 29.6 Å². The van der Waals surface area contributed by atoms with Crippen molar-refractivity contribution in [1.29, 1.82) is 0 Å². The molecule has 25 heavy (non-hydrogen) atoms. The molecule has 0 unspecified atom stereocenters. The first-order valence-electron chi connectivity index (χ1n) is 8.63. The molecule has 3 rings (SSSR count). The molecule has 1 atom stereocenters. The molecule has 2 aromatic rings. The van der Waals surface area contributed by atoms with Gasteiger partial charge in [-0.1, -0.05) is 23.7 Å². The van der Waals surface area contributed by atoms with E-state index in [1.54, 1.807) is 0 Å². The minimum atomic E-state index is 0.372. The van der Waals surface area contributed by atoms with Gasteiger partial charge in [-0.3, -0.25) is 4.90 Å². The van der Waals surface area contributed by atoms with Crippen molar-refractivity contribution in [3.63, 3.8) is 0 Å². The Hall–Kier alpha value is -1.14. The normalized spacial score (nSPS) is 16.0. The van der Waals surface area contributed by atoms with Crippen molar-refractivity contribution < 1.29 is 0 Å². The van der Waals surface area contributed by atoms with E-state index in [1.807, 2.05) is 31.3 Å². The topological polar surface area (TPSA) is 27.3 Å². The maximum Gasteiger partial charge on any atom is 0.170 e. The summed E-state index contributed by atoms with van der Waals surface area (Å²) in [5.41, 5.74) is 3.14. The highest BCUT2D eigenvalue weighted by molar-refractivity contribution is 7.80. The predicted octanol–water partition coefficient (Wildman–Crippen LogP) is 5.14. The van der Waals surface area contributed by atoms with E-state index < -0.39 is 0 Å². The molecule has 134 valence electrons. The van der Waals surface area contributed by atoms with Crippen molar-refractivity contribution in [2.24, 2.45) is 0 Å². The molecule has 6 heteroatoms. The van der Waals surface area contributed by atoms with Gasteiger partial charge in [-0.05, 0) is 80.6 Å². The number of hydrogen-bond donors (Lipinski definition) is 2. The summed E-state index contributed by atoms with van der Waals surface area (Å²) < 4.78 is 0. The first kappa shape index (κ1) is 18.6. The largest absolute Gasteiger partial charge is 0.360 e. The number of likely N-dealkylation sites (tertiary alicyclic amines) is 1. The lowest BCUT2D eigenvalue weighted by Crippen LogP contribution is -2.38. The number of thiocarbonyl (C=S) groups is 1. The summed E-state index contributed by atoms with van der Waals surface area (Å²) in [6, 6.07) is 8.77. The van der Waals surface area contributed by atoms with E-state index in [-0.39, 0.29) is 0 Å². The van der Waals surface area contributed by atoms with Crippen LogP contribution in [0.25, 0.3) is 0 Å². The van der Waals surface area contributed by atoms with E-state index in [0.717, 1.165) is 36.4 Å². The number of halogens is 1. The molecular formula is C19H24ClN3S2. The summed E-state index contributed by atoms with van der Waals surface area (Å²) in [4.78, 5) is 3.94. The number of thiophene rings is 1. The molecule has 1 fully saturated rings. The SMILES string of the molecule is Cc1cc(C)c(NC(=S)NC[C@H](c2cccs2)N2CCCC2)c(Cl)c1. The molecule has 1 aromatic heterocycles. The molecule has 1 aromatic carbocycles. The zero-order valence-corrected chi connectivity index (χ0v) is 17.0. The lowest BCUT2D eigenvalue weighted by Gasteiger charge is -2.27. The fourth-order valence-corrected chi connectivity index (χ4v) is 4.78. The second-order valence-electron chi connectivity index (χ2n) is 6.55. The Morgan fingerprint density at radius 3 is 2.72 bits per heavy atom. The predicted molar refractivity (Wildman–Crippen MR) is 113 cm³/mol. The summed E-state index contributed by atoms with van der Waals surface area (Å²) in [6.45, 7) is 7.21. The Balaban J connectivity index is 1.64. The molecule has 0 bridgehead atoms. The minimum Gasteiger partial charge on any atom is -0.360 e. The number of anilines is 1. The van der Waals surface area contributed by atoms with Gasteiger partial charge in [-0.2, -0.15) is 0 Å². The molecule has 0 amide bonds. The molecule has 0 aliphatic carbocycles. The van der Waals surface area contributed by atoms with E-state index in [2.05, 4.69) is 39.1 Å². The molecule has 1 saturated heterocycles. The van der Waals surface area contributed by atoms with E-state index in [0.29, 0.717) is 16.2 Å². The zero-order valence-electron chi connectivity index (χ0n) is 14.6. The van der Waals surface area contributed by atoms with Crippen LogP contribution >= 0.6 is 35.2 Å². The van der Waals surface area contributed by atoms with Crippen LogP contribution in [0.2, 0.25) is 5.02 Å². The Bertz CT molecular complexity index is 701. The third kappa shape index (κ3) is 4.73. The van der Waals surface area contributed by atoms with Crippen molar-refractivity contribution in [3.8, 4) is 0 Å². The van der Waals surface area contributed by atoms with E-state index in [1.165, 1.54) is 17.7 Å². The van der Waals surface area contributed by atoms with Gasteiger partial charge in [-0.15, -0.1) is 11.3 Å². The summed E-state index contributed by atoms with van der Waals surface area (Å²) >= 11 is 13.7. The lowest BCUT2D eigenvalue weighted by molar-refractivity contribution is 0.249. The highest BCUT2D eigenvalue weighted by Crippen LogP contribution is 2.29. The zero-order chi connectivity index (χ0) is 17.8. The summed E-state index contributed by atoms with van der Waals surface area (Å²) in [5, 5.41) is 10.1. The van der Waals surface area contributed by atoms with Crippen molar-refractivity contribution in [3.05, 3.63) is 50.7 Å². The van der Waals surface area contributed by atoms with Crippen LogP contribution in [0.15, 0.2) is 29.6 Å². The number of hydrogen-bond acceptors (Lipinski definition) is 3. The van der Waals surface area contributed by atoms with Crippen LogP contribution in [0.4, 0.5) is 5.69 Å². The van der Waals surface area contributed by atoms with Gasteiger partial charge in [0.15, 0.2) is 5.11 Å². The van der Waals surface area contributed by atoms with Crippen LogP contribution in [-0.2, 0) is 0 Å². The van der Waals surface area contributed by atoms with Gasteiger partial charge in [0.25, 0.3) is 0 Å². The summed E-state index contributed by atoms with van der Waals surface area (Å²) in [7, 11) is 0. The smallest absolute Gasteiger partial charge is 0.170 e. The van der Waals surface area contributed by atoms with Gasteiger partial charge < -0.3 is 10.6 Å². The van der Waals surface area contributed by atoms with Gasteiger partial charge in [0.1, 0.15) is 0 Å². The molecule has 1 aliphatic heterocycles. The fraction of sp³-hybridized carbons (Fsp3) is 0.421. The number of nitrogens with zero attached hydrogens (tertiary/aromatic N) is 1. The third-order valence-corrected chi connectivity index (χ3v) is 6.10. The summed E-state index contributed by atoms with van der Waals surface area (Å²) in [6.07, 6.45) is 2.56. The average Bonchev–Trinajstić information content (AvgIpc) is 3.25. The standard InChI is InChI=1S/C19H24ClN3S2/c1-13-10-14(2)18(15(20)11-13)22-19(24)21-12-16(17-6-5-9-25-17)23-7-3-4-8-23/h5-6,9-11,16H,3-4,7-8,12H2,1-2H3,(H2,21,22,24)/t16-/m1/s1. The Labute approximate surface area is 164 Å². The van der Waals surface area contributed by atoms with Crippen LogP contribution in [0.1, 0.15) is 34.9 Å². The van der Waals surface area contributed by atoms with Gasteiger partial charge in [0, 0.05) is 11.4 Å². The van der Waals surface area contributed by atoms with Gasteiger partial charge in [0.05, 0.1) is 16.8 Å². The number of rotatable bonds is 5. The molecular weight excluding hydrogens is 370 g/mol. The van der Waals surface area contributed by atoms with Gasteiger partial charge >= 0.3 is 0 Å². The second-order valence-corrected chi connectivity index (χ2v) is 8.34. The number of benzene rings is 1. The van der Waals surface area contributed by atoms with Crippen LogP contribution in [0, 0.1) is 13.8 Å². The third-order valence-electron chi connectivity index (χ3n) is 4.58. The minimum absolute atomic E-state index is 0.372. The first-order valence-corrected chi connectivity index (χ1v) is 10.3. The van der Waals surface area contributed by atoms with Crippen molar-refractivity contribution in [2.75, 3.05) is 25.0 Å². The monoisotopic (exact) mass is 393 g/mol. The molecule has 0 radical (unpaired) electrons. The Kier molecular flexibility index (Phi) is 6.34. The first-order chi connectivity index (χ1) is 12.0. The number of aryl methyl sites for hydroxylation is 2. The molecule has 0 saturated carbocycles. The summed E-state index contributed by atoms with van der Waals surface area (Å²) in [5.74, 6) is 0. The van der Waals surface area contributed by atoms with Crippen molar-refractivity contribution in [1.82, 2.24) is 10.2 Å². The van der Waals surface area contributed by atoms with E-state index in [4.69, 9.17) is 23.8 Å². The molecule has 1 aliphatic rings. The van der Waals surface area contributed by atoms with Gasteiger partial charge in [-0.25, -0.2) is 0 Å². The maximum absolute atomic E-state index is 6.37. The van der Waals surface area contributed by atoms with Crippen LogP contribution in [0.5, 0.6) is 0 Å². The number of nitrogens with one attached hydrogen (secondary N) is 2. The van der Waals surface area contributed by atoms with Crippen molar-refractivity contribution in [2.45, 2.75) is 32.7 Å². The van der Waals surface area contributed by atoms with Gasteiger partial charge in [0.2, 0.25) is 0 Å².